The van der Waals surface area contributed by atoms with Crippen LogP contribution in [0.4, 0.5) is 0 Å². The summed E-state index contributed by atoms with van der Waals surface area (Å²) in [6, 6.07) is 0. The molecule has 0 bridgehead atoms. The number of aliphatic hydroxyl groups is 2. The molecule has 6 nitrogen and oxygen atoms in total. The van der Waals surface area contributed by atoms with Crippen molar-refractivity contribution in [3.8, 4) is 0 Å². The summed E-state index contributed by atoms with van der Waals surface area (Å²) in [6.07, 6.45) is 37.2. The third-order valence-electron chi connectivity index (χ3n) is 6.73. The van der Waals surface area contributed by atoms with Crippen LogP contribution in [0, 0.1) is 5.92 Å². The Morgan fingerprint density at radius 2 is 1.18 bits per heavy atom. The van der Waals surface area contributed by atoms with E-state index in [2.05, 4.69) is 51.2 Å². The van der Waals surface area contributed by atoms with Gasteiger partial charge in [0.1, 0.15) is 19.3 Å². The number of unbranched alkanes of at least 4 members (excludes halogenated alkanes) is 6. The summed E-state index contributed by atoms with van der Waals surface area (Å²) in [6.45, 7) is 6.30. The number of rotatable bonds is 28. The molecule has 0 saturated carbocycles. The fourth-order valence-electron chi connectivity index (χ4n) is 4.14. The molecule has 0 heterocycles. The van der Waals surface area contributed by atoms with Crippen LogP contribution in [-0.4, -0.2) is 47.6 Å². The van der Waals surface area contributed by atoms with E-state index in [-0.39, 0.29) is 31.6 Å². The zero-order chi connectivity index (χ0) is 32.5. The van der Waals surface area contributed by atoms with Crippen LogP contribution in [-0.2, 0) is 19.1 Å². The monoisotopic (exact) mass is 614 g/mol. The quantitative estimate of drug-likeness (QED) is 0.0395. The molecule has 1 unspecified atom stereocenters. The zero-order valence-electron chi connectivity index (χ0n) is 27.9. The van der Waals surface area contributed by atoms with Gasteiger partial charge in [-0.1, -0.05) is 139 Å². The van der Waals surface area contributed by atoms with Gasteiger partial charge in [-0.15, -0.1) is 0 Å². The van der Waals surface area contributed by atoms with E-state index in [1.807, 2.05) is 36.5 Å². The maximum absolute atomic E-state index is 11.9. The highest BCUT2D eigenvalue weighted by Gasteiger charge is 2.11. The third-order valence-corrected chi connectivity index (χ3v) is 6.73. The molecule has 0 aromatic heterocycles. The molecule has 2 atom stereocenters. The van der Waals surface area contributed by atoms with Crippen molar-refractivity contribution in [3.63, 3.8) is 0 Å². The first kappa shape index (κ1) is 41.3. The average molecular weight is 615 g/mol. The molecule has 44 heavy (non-hydrogen) atoms. The molecule has 0 aliphatic rings. The van der Waals surface area contributed by atoms with Crippen LogP contribution >= 0.6 is 0 Å². The smallest absolute Gasteiger partial charge is 0.306 e. The van der Waals surface area contributed by atoms with Gasteiger partial charge in [0.25, 0.3) is 0 Å². The maximum Gasteiger partial charge on any atom is 0.306 e. The Bertz CT molecular complexity index is 865. The van der Waals surface area contributed by atoms with Gasteiger partial charge in [-0.2, -0.15) is 0 Å². The highest BCUT2D eigenvalue weighted by molar-refractivity contribution is 5.70. The number of esters is 2. The van der Waals surface area contributed by atoms with E-state index in [1.165, 1.54) is 32.1 Å². The number of hydrogen-bond donors (Lipinski definition) is 2. The van der Waals surface area contributed by atoms with E-state index in [4.69, 9.17) is 9.47 Å². The molecular formula is C38H62O6. The van der Waals surface area contributed by atoms with E-state index in [0.717, 1.165) is 50.9 Å². The van der Waals surface area contributed by atoms with Crippen molar-refractivity contribution < 1.29 is 29.3 Å². The van der Waals surface area contributed by atoms with Crippen molar-refractivity contribution in [1.29, 1.82) is 0 Å². The largest absolute Gasteiger partial charge is 0.463 e. The first-order chi connectivity index (χ1) is 21.3. The first-order valence-electron chi connectivity index (χ1n) is 17.0. The van der Waals surface area contributed by atoms with Crippen LogP contribution in [0.1, 0.15) is 124 Å². The van der Waals surface area contributed by atoms with Gasteiger partial charge < -0.3 is 19.7 Å². The van der Waals surface area contributed by atoms with E-state index < -0.39 is 12.2 Å². The van der Waals surface area contributed by atoms with Crippen molar-refractivity contribution in [2.24, 2.45) is 5.92 Å². The molecule has 0 aromatic carbocycles. The Hall–Kier alpha value is -2.70. The molecule has 0 fully saturated rings. The van der Waals surface area contributed by atoms with Gasteiger partial charge >= 0.3 is 11.9 Å². The minimum atomic E-state index is -1.01. The molecule has 6 heteroatoms. The lowest BCUT2D eigenvalue weighted by Crippen LogP contribution is -2.25. The summed E-state index contributed by atoms with van der Waals surface area (Å²) in [7, 11) is 0. The second-order valence-corrected chi connectivity index (χ2v) is 11.6. The summed E-state index contributed by atoms with van der Waals surface area (Å²) in [5.41, 5.74) is 0. The van der Waals surface area contributed by atoms with Gasteiger partial charge in [-0.05, 0) is 50.9 Å². The Labute approximate surface area is 268 Å². The van der Waals surface area contributed by atoms with Crippen LogP contribution < -0.4 is 0 Å². The van der Waals surface area contributed by atoms with Crippen LogP contribution in [0.25, 0.3) is 0 Å². The summed E-state index contributed by atoms with van der Waals surface area (Å²) in [4.78, 5) is 23.7. The predicted octanol–water partition coefficient (Wildman–Crippen LogP) is 9.05. The van der Waals surface area contributed by atoms with Crippen LogP contribution in [0.15, 0.2) is 72.9 Å². The fourth-order valence-corrected chi connectivity index (χ4v) is 4.14. The number of ether oxygens (including phenoxy) is 2. The molecule has 0 spiro atoms. The van der Waals surface area contributed by atoms with Crippen molar-refractivity contribution in [1.82, 2.24) is 0 Å². The van der Waals surface area contributed by atoms with Gasteiger partial charge in [0.2, 0.25) is 0 Å². The summed E-state index contributed by atoms with van der Waals surface area (Å²) in [5.74, 6) is 0.0816. The number of carbonyl (C=O) groups excluding carboxylic acids is 2. The van der Waals surface area contributed by atoms with Gasteiger partial charge in [0, 0.05) is 12.8 Å². The molecular weight excluding hydrogens is 552 g/mol. The van der Waals surface area contributed by atoms with Crippen LogP contribution in [0.3, 0.4) is 0 Å². The van der Waals surface area contributed by atoms with Gasteiger partial charge in [-0.3, -0.25) is 9.59 Å². The Balaban J connectivity index is 3.72. The summed E-state index contributed by atoms with van der Waals surface area (Å²) >= 11 is 0. The fraction of sp³-hybridized carbons (Fsp3) is 0.632. The van der Waals surface area contributed by atoms with Crippen LogP contribution in [0.5, 0.6) is 0 Å². The molecule has 0 aromatic rings. The van der Waals surface area contributed by atoms with Crippen molar-refractivity contribution >= 4 is 11.9 Å². The predicted molar refractivity (Wildman–Crippen MR) is 183 cm³/mol. The summed E-state index contributed by atoms with van der Waals surface area (Å²) in [5, 5.41) is 19.9. The first-order valence-corrected chi connectivity index (χ1v) is 17.0. The average Bonchev–Trinajstić information content (AvgIpc) is 3.00. The standard InChI is InChI=1S/C38H62O6/c1-4-5-6-7-18-23-28-35(39)29-24-19-14-10-8-9-11-15-20-25-30-37(41)43-32-36(40)33-44-38(42)31-26-21-16-12-13-17-22-27-34(2)3/h5-6,8-9,14-15,18-20,23-24,29,34-36,39-40H,4,7,10-13,16-17,21-22,25-28,30-33H2,1-3H3/b6-5-,9-8-,19-14-,20-15-,23-18-,29-24+/t35?,36-/m0/s1. The molecule has 0 saturated heterocycles. The minimum Gasteiger partial charge on any atom is -0.463 e. The number of allylic oxidation sites excluding steroid dienone is 10. The molecule has 2 N–H and O–H groups in total. The van der Waals surface area contributed by atoms with E-state index >= 15 is 0 Å². The number of hydrogen-bond acceptors (Lipinski definition) is 6. The highest BCUT2D eigenvalue weighted by atomic mass is 16.6. The van der Waals surface area contributed by atoms with E-state index in [1.54, 1.807) is 6.08 Å². The van der Waals surface area contributed by atoms with Gasteiger partial charge in [0.05, 0.1) is 6.10 Å². The van der Waals surface area contributed by atoms with Crippen molar-refractivity contribution in [2.45, 2.75) is 136 Å². The van der Waals surface area contributed by atoms with E-state index in [9.17, 15) is 19.8 Å². The second-order valence-electron chi connectivity index (χ2n) is 11.6. The third kappa shape index (κ3) is 32.2. The lowest BCUT2D eigenvalue weighted by atomic mass is 10.0. The SMILES string of the molecule is CC/C=C\C/C=C\CC(O)/C=C/C=C\C/C=C\C/C=C\CCC(=O)OC[C@H](O)COC(=O)CCCCCCCCCC(C)C. The topological polar surface area (TPSA) is 93.1 Å². The van der Waals surface area contributed by atoms with Crippen LogP contribution in [0.2, 0.25) is 0 Å². The Kier molecular flexibility index (Phi) is 29.8. The number of carbonyl (C=O) groups is 2. The maximum atomic E-state index is 11.9. The van der Waals surface area contributed by atoms with Gasteiger partial charge in [-0.25, -0.2) is 0 Å². The minimum absolute atomic E-state index is 0.156. The molecule has 250 valence electrons. The molecule has 0 amide bonds. The van der Waals surface area contributed by atoms with Gasteiger partial charge in [0.15, 0.2) is 0 Å². The van der Waals surface area contributed by atoms with Crippen molar-refractivity contribution in [3.05, 3.63) is 72.9 Å². The Morgan fingerprint density at radius 3 is 1.84 bits per heavy atom. The lowest BCUT2D eigenvalue weighted by molar-refractivity contribution is -0.152. The number of aliphatic hydroxyl groups excluding tert-OH is 2. The normalized spacial score (nSPS) is 14.0. The highest BCUT2D eigenvalue weighted by Crippen LogP contribution is 2.13. The summed E-state index contributed by atoms with van der Waals surface area (Å²) < 4.78 is 10.2. The van der Waals surface area contributed by atoms with E-state index in [0.29, 0.717) is 19.3 Å². The zero-order valence-corrected chi connectivity index (χ0v) is 27.9. The Morgan fingerprint density at radius 1 is 0.636 bits per heavy atom. The molecule has 0 aliphatic heterocycles. The lowest BCUT2D eigenvalue weighted by Gasteiger charge is -2.12. The van der Waals surface area contributed by atoms with Crippen molar-refractivity contribution in [2.75, 3.05) is 13.2 Å². The second kappa shape index (κ2) is 31.7. The molecule has 0 aliphatic carbocycles. The molecule has 0 radical (unpaired) electrons. The molecule has 0 rings (SSSR count).